The number of ether oxygens (including phenoxy) is 1. The van der Waals surface area contributed by atoms with Crippen LogP contribution in [0.3, 0.4) is 0 Å². The zero-order chi connectivity index (χ0) is 13.0. The summed E-state index contributed by atoms with van der Waals surface area (Å²) < 4.78 is 19.1. The van der Waals surface area contributed by atoms with Gasteiger partial charge in [0, 0.05) is 11.8 Å². The molecule has 0 radical (unpaired) electrons. The van der Waals surface area contributed by atoms with Crippen LogP contribution < -0.4 is 4.74 Å². The lowest BCUT2D eigenvalue weighted by Gasteiger charge is -2.10. The van der Waals surface area contributed by atoms with Gasteiger partial charge in [-0.1, -0.05) is 6.07 Å². The Morgan fingerprint density at radius 1 is 1.39 bits per heavy atom. The molecule has 0 N–H and O–H groups in total. The minimum atomic E-state index is -0.418. The van der Waals surface area contributed by atoms with Crippen LogP contribution in [0.5, 0.6) is 5.75 Å². The molecule has 92 valence electrons. The van der Waals surface area contributed by atoms with Crippen LogP contribution in [0.25, 0.3) is 0 Å². The lowest BCUT2D eigenvalue weighted by molar-refractivity contribution is 0.111. The summed E-state index contributed by atoms with van der Waals surface area (Å²) in [5.74, 6) is 0.0237. The fraction of sp³-hybridized carbons (Fsp3) is 0.0769. The third-order valence-corrected chi connectivity index (χ3v) is 2.89. The van der Waals surface area contributed by atoms with Crippen molar-refractivity contribution in [3.63, 3.8) is 0 Å². The van der Waals surface area contributed by atoms with Crippen LogP contribution in [0.1, 0.15) is 15.9 Å². The molecular formula is C13H9BrFNO2. The van der Waals surface area contributed by atoms with Crippen molar-refractivity contribution < 1.29 is 13.9 Å². The molecule has 2 aromatic rings. The first-order chi connectivity index (χ1) is 8.70. The normalized spacial score (nSPS) is 10.1. The van der Waals surface area contributed by atoms with Gasteiger partial charge in [0.15, 0.2) is 6.29 Å². The van der Waals surface area contributed by atoms with Gasteiger partial charge in [-0.3, -0.25) is 9.78 Å². The summed E-state index contributed by atoms with van der Waals surface area (Å²) in [5, 5.41) is 0. The largest absolute Gasteiger partial charge is 0.487 e. The molecule has 1 heterocycles. The van der Waals surface area contributed by atoms with E-state index < -0.39 is 5.82 Å². The van der Waals surface area contributed by atoms with Gasteiger partial charge in [0.25, 0.3) is 0 Å². The molecule has 0 spiro atoms. The molecule has 0 fully saturated rings. The zero-order valence-corrected chi connectivity index (χ0v) is 10.9. The van der Waals surface area contributed by atoms with Crippen molar-refractivity contribution in [2.24, 2.45) is 0 Å². The van der Waals surface area contributed by atoms with Gasteiger partial charge in [0.2, 0.25) is 0 Å². The van der Waals surface area contributed by atoms with Crippen molar-refractivity contribution >= 4 is 22.2 Å². The number of hydrogen-bond acceptors (Lipinski definition) is 3. The molecular weight excluding hydrogens is 301 g/mol. The summed E-state index contributed by atoms with van der Waals surface area (Å²) in [5.41, 5.74) is 1.04. The Morgan fingerprint density at radius 2 is 2.22 bits per heavy atom. The molecule has 0 bridgehead atoms. The summed E-state index contributed by atoms with van der Waals surface area (Å²) >= 11 is 3.30. The summed E-state index contributed by atoms with van der Waals surface area (Å²) in [6, 6.07) is 6.50. The molecule has 0 aliphatic carbocycles. The van der Waals surface area contributed by atoms with Gasteiger partial charge in [-0.2, -0.15) is 0 Å². The van der Waals surface area contributed by atoms with Crippen LogP contribution in [-0.2, 0) is 6.61 Å². The Balaban J connectivity index is 2.18. The topological polar surface area (TPSA) is 39.2 Å². The lowest BCUT2D eigenvalue weighted by atomic mass is 10.2. The van der Waals surface area contributed by atoms with Crippen molar-refractivity contribution in [3.8, 4) is 5.75 Å². The Kier molecular flexibility index (Phi) is 4.04. The average Bonchev–Trinajstić information content (AvgIpc) is 2.37. The number of benzene rings is 1. The van der Waals surface area contributed by atoms with E-state index in [-0.39, 0.29) is 6.61 Å². The second-order valence-corrected chi connectivity index (χ2v) is 4.43. The Hall–Kier alpha value is -1.75. The van der Waals surface area contributed by atoms with Crippen LogP contribution in [0, 0.1) is 5.82 Å². The van der Waals surface area contributed by atoms with Gasteiger partial charge in [0.05, 0.1) is 16.2 Å². The fourth-order valence-electron chi connectivity index (χ4n) is 1.46. The standard InChI is InChI=1S/C13H9BrFNO2/c14-12-3-1-2-10(7-17)13(12)18-8-9-4-11(15)6-16-5-9/h1-7H,8H2. The maximum absolute atomic E-state index is 12.9. The van der Waals surface area contributed by atoms with E-state index in [1.54, 1.807) is 18.2 Å². The number of aldehydes is 1. The number of carbonyl (C=O) groups is 1. The van der Waals surface area contributed by atoms with E-state index in [0.717, 1.165) is 6.20 Å². The van der Waals surface area contributed by atoms with E-state index in [2.05, 4.69) is 20.9 Å². The second-order valence-electron chi connectivity index (χ2n) is 3.58. The van der Waals surface area contributed by atoms with Gasteiger partial charge >= 0.3 is 0 Å². The Bertz CT molecular complexity index is 575. The summed E-state index contributed by atoms with van der Waals surface area (Å²) in [4.78, 5) is 14.6. The summed E-state index contributed by atoms with van der Waals surface area (Å²) in [6.45, 7) is 0.147. The van der Waals surface area contributed by atoms with Crippen LogP contribution in [0.15, 0.2) is 41.1 Å². The third-order valence-electron chi connectivity index (χ3n) is 2.27. The quantitative estimate of drug-likeness (QED) is 0.813. The molecule has 0 aliphatic rings. The number of halogens is 2. The third kappa shape index (κ3) is 2.92. The molecule has 18 heavy (non-hydrogen) atoms. The molecule has 0 unspecified atom stereocenters. The van der Waals surface area contributed by atoms with E-state index in [1.165, 1.54) is 12.3 Å². The highest BCUT2D eigenvalue weighted by Crippen LogP contribution is 2.28. The molecule has 2 rings (SSSR count). The minimum Gasteiger partial charge on any atom is -0.487 e. The molecule has 0 amide bonds. The van der Waals surface area contributed by atoms with Crippen molar-refractivity contribution in [2.75, 3.05) is 0 Å². The van der Waals surface area contributed by atoms with Crippen molar-refractivity contribution in [3.05, 3.63) is 58.1 Å². The van der Waals surface area contributed by atoms with Crippen molar-refractivity contribution in [2.45, 2.75) is 6.61 Å². The first-order valence-electron chi connectivity index (χ1n) is 5.16. The predicted octanol–water partition coefficient (Wildman–Crippen LogP) is 3.37. The van der Waals surface area contributed by atoms with Crippen molar-refractivity contribution in [1.82, 2.24) is 4.98 Å². The van der Waals surface area contributed by atoms with Crippen LogP contribution >= 0.6 is 15.9 Å². The van der Waals surface area contributed by atoms with E-state index in [0.29, 0.717) is 27.6 Å². The summed E-state index contributed by atoms with van der Waals surface area (Å²) in [7, 11) is 0. The molecule has 1 aromatic carbocycles. The van der Waals surface area contributed by atoms with Crippen LogP contribution in [-0.4, -0.2) is 11.3 Å². The van der Waals surface area contributed by atoms with Crippen LogP contribution in [0.4, 0.5) is 4.39 Å². The zero-order valence-electron chi connectivity index (χ0n) is 9.27. The molecule has 0 atom stereocenters. The first-order valence-corrected chi connectivity index (χ1v) is 5.96. The Morgan fingerprint density at radius 3 is 2.94 bits per heavy atom. The SMILES string of the molecule is O=Cc1cccc(Br)c1OCc1cncc(F)c1. The van der Waals surface area contributed by atoms with Gasteiger partial charge in [-0.05, 0) is 34.1 Å². The van der Waals surface area contributed by atoms with Gasteiger partial charge in [-0.25, -0.2) is 4.39 Å². The minimum absolute atomic E-state index is 0.147. The molecule has 5 heteroatoms. The number of carbonyl (C=O) groups excluding carboxylic acids is 1. The van der Waals surface area contributed by atoms with Gasteiger partial charge < -0.3 is 4.74 Å². The fourth-order valence-corrected chi connectivity index (χ4v) is 1.96. The number of aromatic nitrogens is 1. The molecule has 0 aliphatic heterocycles. The van der Waals surface area contributed by atoms with Gasteiger partial charge in [-0.15, -0.1) is 0 Å². The highest BCUT2D eigenvalue weighted by Gasteiger charge is 2.07. The highest BCUT2D eigenvalue weighted by atomic mass is 79.9. The van der Waals surface area contributed by atoms with E-state index in [4.69, 9.17) is 4.74 Å². The molecule has 0 saturated heterocycles. The van der Waals surface area contributed by atoms with Crippen molar-refractivity contribution in [1.29, 1.82) is 0 Å². The maximum Gasteiger partial charge on any atom is 0.153 e. The maximum atomic E-state index is 12.9. The monoisotopic (exact) mass is 309 g/mol. The molecule has 0 saturated carbocycles. The first kappa shape index (κ1) is 12.7. The van der Waals surface area contributed by atoms with Crippen LogP contribution in [0.2, 0.25) is 0 Å². The number of nitrogens with zero attached hydrogens (tertiary/aromatic N) is 1. The number of rotatable bonds is 4. The van der Waals surface area contributed by atoms with E-state index in [1.807, 2.05) is 0 Å². The number of pyridine rings is 1. The second kappa shape index (κ2) is 5.73. The molecule has 3 nitrogen and oxygen atoms in total. The smallest absolute Gasteiger partial charge is 0.153 e. The highest BCUT2D eigenvalue weighted by molar-refractivity contribution is 9.10. The molecule has 1 aromatic heterocycles. The van der Waals surface area contributed by atoms with Gasteiger partial charge in [0.1, 0.15) is 18.2 Å². The summed E-state index contributed by atoms with van der Waals surface area (Å²) in [6.07, 6.45) is 3.35. The van der Waals surface area contributed by atoms with E-state index in [9.17, 15) is 9.18 Å². The lowest BCUT2D eigenvalue weighted by Crippen LogP contribution is -2.00. The number of para-hydroxylation sites is 1. The predicted molar refractivity (Wildman–Crippen MR) is 68.1 cm³/mol. The van der Waals surface area contributed by atoms with E-state index >= 15 is 0 Å². The Labute approximate surface area is 112 Å². The average molecular weight is 310 g/mol. The number of hydrogen-bond donors (Lipinski definition) is 0.